The normalized spacial score (nSPS) is 19.3. The number of nitrogens with zero attached hydrogens (tertiary/aromatic N) is 2. The van der Waals surface area contributed by atoms with Gasteiger partial charge in [0.1, 0.15) is 6.54 Å². The summed E-state index contributed by atoms with van der Waals surface area (Å²) in [7, 11) is 0. The Balaban J connectivity index is 1.68. The van der Waals surface area contributed by atoms with Gasteiger partial charge in [-0.25, -0.2) is 9.69 Å². The topological polar surface area (TPSA) is 86.8 Å². The quantitative estimate of drug-likeness (QED) is 0.614. The van der Waals surface area contributed by atoms with Crippen molar-refractivity contribution in [2.75, 3.05) is 6.54 Å². The minimum absolute atomic E-state index is 0.123. The van der Waals surface area contributed by atoms with E-state index >= 15 is 0 Å². The van der Waals surface area contributed by atoms with Crippen LogP contribution < -0.4 is 5.32 Å². The Kier molecular flexibility index (Phi) is 5.58. The molecule has 1 heterocycles. The molecule has 1 atom stereocenters. The lowest BCUT2D eigenvalue weighted by Crippen LogP contribution is -2.44. The Hall–Kier alpha value is -2.70. The van der Waals surface area contributed by atoms with Crippen molar-refractivity contribution in [3.8, 4) is 0 Å². The van der Waals surface area contributed by atoms with E-state index < -0.39 is 30.3 Å². The van der Waals surface area contributed by atoms with Gasteiger partial charge in [-0.3, -0.25) is 19.3 Å². The van der Waals surface area contributed by atoms with E-state index in [0.717, 1.165) is 28.2 Å². The van der Waals surface area contributed by atoms with Crippen LogP contribution >= 0.6 is 0 Å². The van der Waals surface area contributed by atoms with Crippen molar-refractivity contribution < 1.29 is 19.2 Å². The van der Waals surface area contributed by atoms with Crippen molar-refractivity contribution >= 4 is 23.8 Å². The van der Waals surface area contributed by atoms with Crippen LogP contribution in [-0.2, 0) is 14.4 Å². The number of carbonyl (C=O) groups excluding carboxylic acids is 4. The molecule has 1 N–H and O–H groups in total. The predicted molar refractivity (Wildman–Crippen MR) is 98.4 cm³/mol. The minimum atomic E-state index is -0.914. The van der Waals surface area contributed by atoms with Crippen LogP contribution in [0.1, 0.15) is 51.1 Å². The van der Waals surface area contributed by atoms with Crippen LogP contribution in [0.2, 0.25) is 0 Å². The van der Waals surface area contributed by atoms with Gasteiger partial charge in [0.05, 0.1) is 6.04 Å². The van der Waals surface area contributed by atoms with E-state index in [0.29, 0.717) is 12.8 Å². The summed E-state index contributed by atoms with van der Waals surface area (Å²) in [5.74, 6) is -2.07. The van der Waals surface area contributed by atoms with Crippen molar-refractivity contribution in [2.45, 2.75) is 51.6 Å². The van der Waals surface area contributed by atoms with Gasteiger partial charge in [0.25, 0.3) is 0 Å². The minimum Gasteiger partial charge on any atom is -0.347 e. The monoisotopic (exact) mass is 371 g/mol. The van der Waals surface area contributed by atoms with Gasteiger partial charge >= 0.3 is 17.8 Å². The first-order chi connectivity index (χ1) is 12.9. The van der Waals surface area contributed by atoms with E-state index in [1.165, 1.54) is 0 Å². The lowest BCUT2D eigenvalue weighted by molar-refractivity contribution is -0.144. The highest BCUT2D eigenvalue weighted by molar-refractivity contribution is 6.45. The molecule has 1 aromatic carbocycles. The summed E-state index contributed by atoms with van der Waals surface area (Å²) in [5.41, 5.74) is 0.948. The summed E-state index contributed by atoms with van der Waals surface area (Å²) < 4.78 is 0. The lowest BCUT2D eigenvalue weighted by atomic mass is 9.96. The SMILES string of the molecule is CC(C)[C@H](NC(=O)CN1C(=O)C(=O)N(C2CCCC2)C1=O)c1ccccc1. The molecule has 7 nitrogen and oxygen atoms in total. The molecule has 0 unspecified atom stereocenters. The van der Waals surface area contributed by atoms with Gasteiger partial charge in [-0.15, -0.1) is 0 Å². The summed E-state index contributed by atoms with van der Waals surface area (Å²) in [6.45, 7) is 3.52. The molecule has 7 heteroatoms. The number of imide groups is 2. The first-order valence-corrected chi connectivity index (χ1v) is 9.43. The standard InChI is InChI=1S/C20H25N3O4/c1-13(2)17(14-8-4-3-5-9-14)21-16(24)12-22-18(25)19(26)23(20(22)27)15-10-6-7-11-15/h3-5,8-9,13,15,17H,6-7,10-12H2,1-2H3,(H,21,24)/t17-/m0/s1. The molecule has 1 aliphatic carbocycles. The second kappa shape index (κ2) is 7.90. The third-order valence-corrected chi connectivity index (χ3v) is 5.22. The summed E-state index contributed by atoms with van der Waals surface area (Å²) >= 11 is 0. The van der Waals surface area contributed by atoms with Crippen LogP contribution in [-0.4, -0.2) is 46.1 Å². The molecule has 27 heavy (non-hydrogen) atoms. The fraction of sp³-hybridized carbons (Fsp3) is 0.500. The largest absolute Gasteiger partial charge is 0.347 e. The van der Waals surface area contributed by atoms with Crippen LogP contribution in [0.3, 0.4) is 0 Å². The molecular weight excluding hydrogens is 346 g/mol. The van der Waals surface area contributed by atoms with E-state index in [9.17, 15) is 19.2 Å². The average Bonchev–Trinajstić information content (AvgIpc) is 3.24. The van der Waals surface area contributed by atoms with Gasteiger partial charge in [-0.2, -0.15) is 0 Å². The zero-order valence-corrected chi connectivity index (χ0v) is 15.7. The fourth-order valence-electron chi connectivity index (χ4n) is 3.80. The van der Waals surface area contributed by atoms with E-state index in [1.54, 1.807) is 0 Å². The molecule has 0 spiro atoms. The Morgan fingerprint density at radius 1 is 1.07 bits per heavy atom. The first-order valence-electron chi connectivity index (χ1n) is 9.43. The zero-order chi connectivity index (χ0) is 19.6. The predicted octanol–water partition coefficient (Wildman–Crippen LogP) is 2.23. The van der Waals surface area contributed by atoms with Crippen molar-refractivity contribution in [3.05, 3.63) is 35.9 Å². The fourth-order valence-corrected chi connectivity index (χ4v) is 3.80. The van der Waals surface area contributed by atoms with Gasteiger partial charge in [0, 0.05) is 6.04 Å². The van der Waals surface area contributed by atoms with E-state index in [-0.39, 0.29) is 18.0 Å². The Morgan fingerprint density at radius 3 is 2.30 bits per heavy atom. The molecule has 1 aromatic rings. The molecular formula is C20H25N3O4. The molecule has 3 rings (SSSR count). The molecule has 0 bridgehead atoms. The third-order valence-electron chi connectivity index (χ3n) is 5.22. The Labute approximate surface area is 158 Å². The number of carbonyl (C=O) groups is 4. The molecule has 2 aliphatic rings. The van der Waals surface area contributed by atoms with Crippen LogP contribution in [0.25, 0.3) is 0 Å². The average molecular weight is 371 g/mol. The smallest absolute Gasteiger partial charge is 0.334 e. The van der Waals surface area contributed by atoms with Gasteiger partial charge in [-0.1, -0.05) is 57.0 Å². The number of urea groups is 1. The van der Waals surface area contributed by atoms with E-state index in [2.05, 4.69) is 5.32 Å². The Bertz CT molecular complexity index is 741. The zero-order valence-electron chi connectivity index (χ0n) is 15.7. The first kappa shape index (κ1) is 19.1. The molecule has 0 aromatic heterocycles. The third kappa shape index (κ3) is 3.86. The molecule has 1 saturated carbocycles. The molecule has 1 aliphatic heterocycles. The summed E-state index contributed by atoms with van der Waals surface area (Å²) in [4.78, 5) is 51.4. The Morgan fingerprint density at radius 2 is 1.70 bits per heavy atom. The maximum absolute atomic E-state index is 12.6. The molecule has 0 radical (unpaired) electrons. The van der Waals surface area contributed by atoms with Gasteiger partial charge in [0.2, 0.25) is 5.91 Å². The number of hydrogen-bond donors (Lipinski definition) is 1. The van der Waals surface area contributed by atoms with Crippen molar-refractivity contribution in [2.24, 2.45) is 5.92 Å². The number of rotatable bonds is 6. The lowest BCUT2D eigenvalue weighted by Gasteiger charge is -2.24. The molecule has 5 amide bonds. The summed E-state index contributed by atoms with van der Waals surface area (Å²) in [5, 5.41) is 2.89. The van der Waals surface area contributed by atoms with Crippen molar-refractivity contribution in [1.29, 1.82) is 0 Å². The van der Waals surface area contributed by atoms with Crippen LogP contribution in [0.5, 0.6) is 0 Å². The van der Waals surface area contributed by atoms with Crippen molar-refractivity contribution in [3.63, 3.8) is 0 Å². The number of amides is 5. The molecule has 1 saturated heterocycles. The maximum atomic E-state index is 12.6. The maximum Gasteiger partial charge on any atom is 0.334 e. The highest BCUT2D eigenvalue weighted by atomic mass is 16.2. The van der Waals surface area contributed by atoms with Crippen LogP contribution in [0.4, 0.5) is 4.79 Å². The van der Waals surface area contributed by atoms with Crippen LogP contribution in [0, 0.1) is 5.92 Å². The second-order valence-electron chi connectivity index (χ2n) is 7.49. The van der Waals surface area contributed by atoms with E-state index in [4.69, 9.17) is 0 Å². The van der Waals surface area contributed by atoms with Gasteiger partial charge in [0.15, 0.2) is 0 Å². The summed E-state index contributed by atoms with van der Waals surface area (Å²) in [6.07, 6.45) is 3.30. The van der Waals surface area contributed by atoms with Crippen molar-refractivity contribution in [1.82, 2.24) is 15.1 Å². The highest BCUT2D eigenvalue weighted by Crippen LogP contribution is 2.28. The number of nitrogens with one attached hydrogen (secondary N) is 1. The second-order valence-corrected chi connectivity index (χ2v) is 7.49. The summed E-state index contributed by atoms with van der Waals surface area (Å²) in [6, 6.07) is 8.37. The highest BCUT2D eigenvalue weighted by Gasteiger charge is 2.48. The molecule has 144 valence electrons. The van der Waals surface area contributed by atoms with Crippen LogP contribution in [0.15, 0.2) is 30.3 Å². The van der Waals surface area contributed by atoms with Gasteiger partial charge < -0.3 is 5.32 Å². The van der Waals surface area contributed by atoms with Gasteiger partial charge in [-0.05, 0) is 24.3 Å². The number of benzene rings is 1. The number of hydrogen-bond acceptors (Lipinski definition) is 4. The molecule has 2 fully saturated rings. The van der Waals surface area contributed by atoms with E-state index in [1.807, 2.05) is 44.2 Å².